The third-order valence-corrected chi connectivity index (χ3v) is 5.20. The van der Waals surface area contributed by atoms with Gasteiger partial charge < -0.3 is 10.2 Å². The van der Waals surface area contributed by atoms with Crippen LogP contribution in [-0.2, 0) is 4.79 Å². The summed E-state index contributed by atoms with van der Waals surface area (Å²) in [5.41, 5.74) is 3.82. The largest absolute Gasteiger partial charge is 0.371 e. The molecule has 0 spiro atoms. The van der Waals surface area contributed by atoms with Gasteiger partial charge in [0.15, 0.2) is 5.78 Å². The molecule has 2 aromatic rings. The van der Waals surface area contributed by atoms with E-state index >= 15 is 0 Å². The molecule has 1 saturated heterocycles. The molecule has 2 aromatic carbocycles. The van der Waals surface area contributed by atoms with E-state index in [0.717, 1.165) is 28.8 Å². The lowest BCUT2D eigenvalue weighted by Gasteiger charge is -2.20. The van der Waals surface area contributed by atoms with Gasteiger partial charge in [-0.3, -0.25) is 9.59 Å². The van der Waals surface area contributed by atoms with E-state index in [1.165, 1.54) is 18.5 Å². The number of halogens is 1. The predicted octanol–water partition coefficient (Wildman–Crippen LogP) is 4.96. The summed E-state index contributed by atoms with van der Waals surface area (Å²) >= 11 is 3.35. The van der Waals surface area contributed by atoms with Gasteiger partial charge >= 0.3 is 0 Å². The Bertz CT molecular complexity index is 796. The van der Waals surface area contributed by atoms with Gasteiger partial charge in [0.05, 0.1) is 0 Å². The third-order valence-electron chi connectivity index (χ3n) is 4.67. The summed E-state index contributed by atoms with van der Waals surface area (Å²) < 4.78 is 0.930. The summed E-state index contributed by atoms with van der Waals surface area (Å²) in [7, 11) is 0. The third kappa shape index (κ3) is 4.73. The number of nitrogens with one attached hydrogen (secondary N) is 1. The van der Waals surface area contributed by atoms with Crippen molar-refractivity contribution in [2.24, 2.45) is 0 Å². The molecule has 1 aliphatic rings. The highest BCUT2D eigenvalue weighted by atomic mass is 79.9. The zero-order valence-corrected chi connectivity index (χ0v) is 16.5. The molecule has 0 aromatic heterocycles. The standard InChI is InChI=1S/C21H23BrN2O2/c1-15-14-18(8-9-19(15)24-12-2-3-13-24)23-21(26)11-10-20(25)16-4-6-17(22)7-5-16/h4-9,14H,2-3,10-13H2,1H3,(H,23,26). The first kappa shape index (κ1) is 18.6. The van der Waals surface area contributed by atoms with Gasteiger partial charge in [-0.15, -0.1) is 0 Å². The fraction of sp³-hybridized carbons (Fsp3) is 0.333. The normalized spacial score (nSPS) is 13.7. The molecule has 1 N–H and O–H groups in total. The van der Waals surface area contributed by atoms with E-state index < -0.39 is 0 Å². The summed E-state index contributed by atoms with van der Waals surface area (Å²) in [6.07, 6.45) is 2.87. The van der Waals surface area contributed by atoms with Crippen LogP contribution in [0.5, 0.6) is 0 Å². The van der Waals surface area contributed by atoms with Crippen molar-refractivity contribution in [1.82, 2.24) is 0 Å². The van der Waals surface area contributed by atoms with Crippen LogP contribution in [0.3, 0.4) is 0 Å². The van der Waals surface area contributed by atoms with E-state index in [4.69, 9.17) is 0 Å². The highest BCUT2D eigenvalue weighted by molar-refractivity contribution is 9.10. The highest BCUT2D eigenvalue weighted by Gasteiger charge is 2.15. The zero-order chi connectivity index (χ0) is 18.5. The van der Waals surface area contributed by atoms with Crippen LogP contribution in [0.15, 0.2) is 46.9 Å². The number of hydrogen-bond donors (Lipinski definition) is 1. The van der Waals surface area contributed by atoms with Crippen LogP contribution < -0.4 is 10.2 Å². The molecule has 0 saturated carbocycles. The number of Topliss-reactive ketones (excluding diaryl/α,β-unsaturated/α-hetero) is 1. The molecule has 1 aliphatic heterocycles. The van der Waals surface area contributed by atoms with E-state index in [9.17, 15) is 9.59 Å². The van der Waals surface area contributed by atoms with Crippen LogP contribution >= 0.6 is 15.9 Å². The molecule has 0 unspecified atom stereocenters. The molecular weight excluding hydrogens is 392 g/mol. The number of carbonyl (C=O) groups is 2. The molecule has 136 valence electrons. The van der Waals surface area contributed by atoms with Crippen molar-refractivity contribution in [3.8, 4) is 0 Å². The molecule has 0 radical (unpaired) electrons. The number of anilines is 2. The smallest absolute Gasteiger partial charge is 0.224 e. The van der Waals surface area contributed by atoms with Gasteiger partial charge in [-0.2, -0.15) is 0 Å². The summed E-state index contributed by atoms with van der Waals surface area (Å²) in [6, 6.07) is 13.2. The number of hydrogen-bond acceptors (Lipinski definition) is 3. The fourth-order valence-corrected chi connectivity index (χ4v) is 3.54. The lowest BCUT2D eigenvalue weighted by molar-refractivity contribution is -0.116. The van der Waals surface area contributed by atoms with E-state index in [1.54, 1.807) is 12.1 Å². The molecule has 26 heavy (non-hydrogen) atoms. The van der Waals surface area contributed by atoms with E-state index in [2.05, 4.69) is 39.1 Å². The van der Waals surface area contributed by atoms with Gasteiger partial charge in [0.1, 0.15) is 0 Å². The van der Waals surface area contributed by atoms with Crippen LogP contribution in [0, 0.1) is 6.92 Å². The van der Waals surface area contributed by atoms with Gasteiger partial charge in [-0.05, 0) is 55.7 Å². The lowest BCUT2D eigenvalue weighted by atomic mass is 10.1. The molecule has 1 heterocycles. The quantitative estimate of drug-likeness (QED) is 0.679. The van der Waals surface area contributed by atoms with Crippen LogP contribution in [-0.4, -0.2) is 24.8 Å². The average Bonchev–Trinajstić information content (AvgIpc) is 3.15. The Balaban J connectivity index is 1.53. The molecule has 1 amide bonds. The van der Waals surface area contributed by atoms with Crippen molar-refractivity contribution in [1.29, 1.82) is 0 Å². The number of ketones is 1. The van der Waals surface area contributed by atoms with Gasteiger partial charge in [-0.25, -0.2) is 0 Å². The second-order valence-electron chi connectivity index (χ2n) is 6.67. The van der Waals surface area contributed by atoms with Crippen molar-refractivity contribution >= 4 is 39.0 Å². The van der Waals surface area contributed by atoms with Crippen LogP contribution in [0.4, 0.5) is 11.4 Å². The van der Waals surface area contributed by atoms with Crippen LogP contribution in [0.1, 0.15) is 41.6 Å². The van der Waals surface area contributed by atoms with Crippen LogP contribution in [0.25, 0.3) is 0 Å². The molecule has 5 heteroatoms. The number of amides is 1. The predicted molar refractivity (Wildman–Crippen MR) is 109 cm³/mol. The molecule has 3 rings (SSSR count). The Labute approximate surface area is 162 Å². The van der Waals surface area contributed by atoms with E-state index in [1.807, 2.05) is 24.3 Å². The van der Waals surface area contributed by atoms with Gasteiger partial charge in [0.25, 0.3) is 0 Å². The van der Waals surface area contributed by atoms with E-state index in [0.29, 0.717) is 5.56 Å². The van der Waals surface area contributed by atoms with Crippen molar-refractivity contribution < 1.29 is 9.59 Å². The lowest BCUT2D eigenvalue weighted by Crippen LogP contribution is -2.19. The summed E-state index contributed by atoms with van der Waals surface area (Å²) in [5.74, 6) is -0.156. The molecule has 0 atom stereocenters. The second kappa shape index (κ2) is 8.49. The summed E-state index contributed by atoms with van der Waals surface area (Å²) in [4.78, 5) is 26.7. The minimum absolute atomic E-state index is 0.0202. The van der Waals surface area contributed by atoms with Crippen molar-refractivity contribution in [2.45, 2.75) is 32.6 Å². The Hall–Kier alpha value is -2.14. The SMILES string of the molecule is Cc1cc(NC(=O)CCC(=O)c2ccc(Br)cc2)ccc1N1CCCC1. The van der Waals surface area contributed by atoms with Crippen LogP contribution in [0.2, 0.25) is 0 Å². The topological polar surface area (TPSA) is 49.4 Å². The first-order valence-corrected chi connectivity index (χ1v) is 9.76. The monoisotopic (exact) mass is 414 g/mol. The number of rotatable bonds is 6. The molecule has 1 fully saturated rings. The number of carbonyl (C=O) groups excluding carboxylic acids is 2. The fourth-order valence-electron chi connectivity index (χ4n) is 3.28. The Kier molecular flexibility index (Phi) is 6.09. The Morgan fingerprint density at radius 1 is 1.04 bits per heavy atom. The zero-order valence-electron chi connectivity index (χ0n) is 14.9. The maximum atomic E-state index is 12.2. The molecule has 4 nitrogen and oxygen atoms in total. The highest BCUT2D eigenvalue weighted by Crippen LogP contribution is 2.26. The Morgan fingerprint density at radius 2 is 1.73 bits per heavy atom. The van der Waals surface area contributed by atoms with Gasteiger partial charge in [-0.1, -0.05) is 28.1 Å². The molecule has 0 aliphatic carbocycles. The number of aryl methyl sites for hydroxylation is 1. The summed E-state index contributed by atoms with van der Waals surface area (Å²) in [6.45, 7) is 4.27. The number of nitrogens with zero attached hydrogens (tertiary/aromatic N) is 1. The van der Waals surface area contributed by atoms with E-state index in [-0.39, 0.29) is 24.5 Å². The summed E-state index contributed by atoms with van der Waals surface area (Å²) in [5, 5.41) is 2.90. The first-order chi connectivity index (χ1) is 12.5. The molecular formula is C21H23BrN2O2. The van der Waals surface area contributed by atoms with Gasteiger partial charge in [0.2, 0.25) is 5.91 Å². The molecule has 0 bridgehead atoms. The number of benzene rings is 2. The minimum Gasteiger partial charge on any atom is -0.371 e. The first-order valence-electron chi connectivity index (χ1n) is 8.97. The average molecular weight is 415 g/mol. The maximum Gasteiger partial charge on any atom is 0.224 e. The van der Waals surface area contributed by atoms with Crippen molar-refractivity contribution in [3.05, 3.63) is 58.1 Å². The minimum atomic E-state index is -0.135. The van der Waals surface area contributed by atoms with Crippen molar-refractivity contribution in [3.63, 3.8) is 0 Å². The van der Waals surface area contributed by atoms with Gasteiger partial charge in [0, 0.05) is 47.3 Å². The maximum absolute atomic E-state index is 12.2. The Morgan fingerprint density at radius 3 is 2.38 bits per heavy atom. The second-order valence-corrected chi connectivity index (χ2v) is 7.59. The van der Waals surface area contributed by atoms with Crippen molar-refractivity contribution in [2.75, 3.05) is 23.3 Å².